The average Bonchev–Trinajstić information content (AvgIpc) is 3.04. The molecule has 0 aliphatic carbocycles. The Balaban J connectivity index is 2.06. The van der Waals surface area contributed by atoms with Crippen molar-refractivity contribution in [2.75, 3.05) is 10.5 Å². The Morgan fingerprint density at radius 3 is 2.95 bits per heavy atom. The van der Waals surface area contributed by atoms with Crippen LogP contribution in [0.4, 0.5) is 11.5 Å². The number of aromatic nitrogens is 3. The lowest BCUT2D eigenvalue weighted by Gasteiger charge is -2.06. The minimum atomic E-state index is -3.72. The molecule has 0 atom stereocenters. The summed E-state index contributed by atoms with van der Waals surface area (Å²) in [5.74, 6) is 0.385. The second-order valence-electron chi connectivity index (χ2n) is 4.69. The van der Waals surface area contributed by atoms with E-state index in [1.807, 2.05) is 6.92 Å². The number of H-pyrrole nitrogens is 2. The van der Waals surface area contributed by atoms with Gasteiger partial charge in [0, 0.05) is 28.4 Å². The molecule has 21 heavy (non-hydrogen) atoms. The first-order valence-corrected chi connectivity index (χ1v) is 7.91. The lowest BCUT2D eigenvalue weighted by Crippen LogP contribution is -2.14. The average molecular weight is 305 g/mol. The summed E-state index contributed by atoms with van der Waals surface area (Å²) in [6.45, 7) is 1.93. The van der Waals surface area contributed by atoms with Crippen LogP contribution in [0.5, 0.6) is 0 Å². The highest BCUT2D eigenvalue weighted by Gasteiger charge is 2.21. The van der Waals surface area contributed by atoms with Crippen LogP contribution in [0.15, 0.2) is 35.5 Å². The Labute approximate surface area is 121 Å². The van der Waals surface area contributed by atoms with E-state index in [9.17, 15) is 8.42 Å². The lowest BCUT2D eigenvalue weighted by atomic mass is 10.2. The summed E-state index contributed by atoms with van der Waals surface area (Å²) in [5, 5.41) is 7.07. The zero-order chi connectivity index (χ0) is 15.0. The summed E-state index contributed by atoms with van der Waals surface area (Å²) in [7, 11) is -3.72. The molecule has 110 valence electrons. The van der Waals surface area contributed by atoms with E-state index in [-0.39, 0.29) is 4.90 Å². The molecule has 0 saturated heterocycles. The van der Waals surface area contributed by atoms with Crippen LogP contribution in [0.2, 0.25) is 0 Å². The standard InChI is InChI=1S/C13H15N5O2S/c1-2-8-6-16-17-13(8)18-21(19,20)12-7-15-11-4-3-9(14)5-10(11)12/h3-7,15H,2,14H2,1H3,(H2,16,17,18). The number of rotatable bonds is 4. The number of aromatic amines is 2. The van der Waals surface area contributed by atoms with Crippen molar-refractivity contribution in [3.8, 4) is 0 Å². The largest absolute Gasteiger partial charge is 0.399 e. The van der Waals surface area contributed by atoms with Crippen LogP contribution >= 0.6 is 0 Å². The number of fused-ring (bicyclic) bond motifs is 1. The second kappa shape index (κ2) is 4.81. The van der Waals surface area contributed by atoms with Crippen LogP contribution in [-0.4, -0.2) is 23.6 Å². The van der Waals surface area contributed by atoms with Gasteiger partial charge in [-0.1, -0.05) is 6.92 Å². The molecule has 0 aliphatic rings. The predicted octanol–water partition coefficient (Wildman–Crippen LogP) is 1.84. The van der Waals surface area contributed by atoms with E-state index in [1.54, 1.807) is 24.4 Å². The summed E-state index contributed by atoms with van der Waals surface area (Å²) < 4.78 is 27.6. The number of hydrogen-bond acceptors (Lipinski definition) is 4. The zero-order valence-electron chi connectivity index (χ0n) is 11.3. The van der Waals surface area contributed by atoms with Crippen molar-refractivity contribution < 1.29 is 8.42 Å². The van der Waals surface area contributed by atoms with Gasteiger partial charge in [0.2, 0.25) is 0 Å². The number of anilines is 2. The van der Waals surface area contributed by atoms with Crippen LogP contribution in [0, 0.1) is 0 Å². The maximum Gasteiger partial charge on any atom is 0.265 e. The molecule has 2 heterocycles. The first-order valence-electron chi connectivity index (χ1n) is 6.43. The van der Waals surface area contributed by atoms with E-state index in [1.165, 1.54) is 6.20 Å². The smallest absolute Gasteiger partial charge is 0.265 e. The molecule has 0 unspecified atom stereocenters. The van der Waals surface area contributed by atoms with Crippen molar-refractivity contribution in [1.29, 1.82) is 0 Å². The molecule has 0 saturated carbocycles. The predicted molar refractivity (Wildman–Crippen MR) is 81.5 cm³/mol. The summed E-state index contributed by atoms with van der Waals surface area (Å²) >= 11 is 0. The van der Waals surface area contributed by atoms with Crippen molar-refractivity contribution in [1.82, 2.24) is 15.2 Å². The number of benzene rings is 1. The van der Waals surface area contributed by atoms with Crippen molar-refractivity contribution in [2.24, 2.45) is 0 Å². The maximum atomic E-state index is 12.5. The lowest BCUT2D eigenvalue weighted by molar-refractivity contribution is 0.602. The first-order chi connectivity index (χ1) is 10.0. The van der Waals surface area contributed by atoms with Gasteiger partial charge >= 0.3 is 0 Å². The van der Waals surface area contributed by atoms with Crippen LogP contribution < -0.4 is 10.5 Å². The Morgan fingerprint density at radius 2 is 2.19 bits per heavy atom. The third-order valence-corrected chi connectivity index (χ3v) is 4.68. The molecule has 0 bridgehead atoms. The van der Waals surface area contributed by atoms with Crippen LogP contribution in [0.25, 0.3) is 10.9 Å². The molecule has 5 N–H and O–H groups in total. The third kappa shape index (κ3) is 2.33. The fraction of sp³-hybridized carbons (Fsp3) is 0.154. The molecule has 8 heteroatoms. The van der Waals surface area contributed by atoms with E-state index < -0.39 is 10.0 Å². The molecule has 0 radical (unpaired) electrons. The number of nitrogens with zero attached hydrogens (tertiary/aromatic N) is 1. The first kappa shape index (κ1) is 13.5. The summed E-state index contributed by atoms with van der Waals surface area (Å²) in [5.41, 5.74) is 7.76. The van der Waals surface area contributed by atoms with Gasteiger partial charge in [0.15, 0.2) is 0 Å². The van der Waals surface area contributed by atoms with Gasteiger partial charge in [0.1, 0.15) is 10.7 Å². The normalized spacial score (nSPS) is 11.9. The van der Waals surface area contributed by atoms with Gasteiger partial charge in [0.25, 0.3) is 10.0 Å². The Bertz CT molecular complexity index is 894. The van der Waals surface area contributed by atoms with Gasteiger partial charge < -0.3 is 10.7 Å². The highest BCUT2D eigenvalue weighted by Crippen LogP contribution is 2.26. The van der Waals surface area contributed by atoms with Gasteiger partial charge in [0.05, 0.1) is 6.20 Å². The second-order valence-corrected chi connectivity index (χ2v) is 6.34. The summed E-state index contributed by atoms with van der Waals surface area (Å²) in [4.78, 5) is 3.08. The number of sulfonamides is 1. The van der Waals surface area contributed by atoms with E-state index in [4.69, 9.17) is 5.73 Å². The molecular weight excluding hydrogens is 290 g/mol. The number of aryl methyl sites for hydroxylation is 1. The van der Waals surface area contributed by atoms with Gasteiger partial charge in [-0.15, -0.1) is 0 Å². The van der Waals surface area contributed by atoms with Crippen molar-refractivity contribution in [3.63, 3.8) is 0 Å². The highest BCUT2D eigenvalue weighted by molar-refractivity contribution is 7.93. The fourth-order valence-electron chi connectivity index (χ4n) is 2.19. The molecule has 0 spiro atoms. The molecule has 7 nitrogen and oxygen atoms in total. The van der Waals surface area contributed by atoms with Crippen LogP contribution in [0.1, 0.15) is 12.5 Å². The van der Waals surface area contributed by atoms with Gasteiger partial charge in [-0.3, -0.25) is 9.82 Å². The Kier molecular flexibility index (Phi) is 3.09. The molecular formula is C13H15N5O2S. The van der Waals surface area contributed by atoms with Gasteiger partial charge in [-0.05, 0) is 24.6 Å². The molecule has 3 rings (SSSR count). The summed E-state index contributed by atoms with van der Waals surface area (Å²) in [6.07, 6.45) is 3.73. The van der Waals surface area contributed by atoms with Crippen LogP contribution in [-0.2, 0) is 16.4 Å². The SMILES string of the molecule is CCc1cn[nH]c1NS(=O)(=O)c1c[nH]c2ccc(N)cc12. The molecule has 0 aliphatic heterocycles. The van der Waals surface area contributed by atoms with Crippen LogP contribution in [0.3, 0.4) is 0 Å². The quantitative estimate of drug-likeness (QED) is 0.550. The topological polar surface area (TPSA) is 117 Å². The zero-order valence-corrected chi connectivity index (χ0v) is 12.2. The van der Waals surface area contributed by atoms with Crippen molar-refractivity contribution in [2.45, 2.75) is 18.2 Å². The maximum absolute atomic E-state index is 12.5. The fourth-order valence-corrected chi connectivity index (χ4v) is 3.42. The van der Waals surface area contributed by atoms with Gasteiger partial charge in [-0.2, -0.15) is 5.10 Å². The number of nitrogens with one attached hydrogen (secondary N) is 3. The minimum Gasteiger partial charge on any atom is -0.399 e. The third-order valence-electron chi connectivity index (χ3n) is 3.29. The Hall–Kier alpha value is -2.48. The van der Waals surface area contributed by atoms with E-state index >= 15 is 0 Å². The minimum absolute atomic E-state index is 0.154. The number of nitrogen functional groups attached to an aromatic ring is 1. The molecule has 3 aromatic rings. The molecule has 1 aromatic carbocycles. The Morgan fingerprint density at radius 1 is 1.38 bits per heavy atom. The summed E-state index contributed by atoms with van der Waals surface area (Å²) in [6, 6.07) is 5.10. The monoisotopic (exact) mass is 305 g/mol. The van der Waals surface area contributed by atoms with Crippen molar-refractivity contribution in [3.05, 3.63) is 36.2 Å². The van der Waals surface area contributed by atoms with E-state index in [2.05, 4.69) is 19.9 Å². The van der Waals surface area contributed by atoms with Gasteiger partial charge in [-0.25, -0.2) is 8.42 Å². The van der Waals surface area contributed by atoms with Crippen molar-refractivity contribution >= 4 is 32.4 Å². The number of hydrogen-bond donors (Lipinski definition) is 4. The van der Waals surface area contributed by atoms with E-state index in [0.29, 0.717) is 28.8 Å². The molecule has 0 fully saturated rings. The molecule has 0 amide bonds. The number of nitrogens with two attached hydrogens (primary N) is 1. The van der Waals surface area contributed by atoms with E-state index in [0.717, 1.165) is 5.56 Å². The molecule has 2 aromatic heterocycles. The highest BCUT2D eigenvalue weighted by atomic mass is 32.2.